The van der Waals surface area contributed by atoms with Crippen molar-refractivity contribution in [1.82, 2.24) is 10.3 Å². The lowest BCUT2D eigenvalue weighted by atomic mass is 10.2. The maximum absolute atomic E-state index is 13.1. The van der Waals surface area contributed by atoms with Gasteiger partial charge < -0.3 is 14.8 Å². The zero-order valence-corrected chi connectivity index (χ0v) is 11.0. The molecule has 0 aliphatic rings. The van der Waals surface area contributed by atoms with Crippen LogP contribution in [0.15, 0.2) is 12.3 Å². The highest BCUT2D eigenvalue weighted by molar-refractivity contribution is 5.26. The normalized spacial score (nSPS) is 10.6. The molecule has 0 radical (unpaired) electrons. The van der Waals surface area contributed by atoms with Crippen molar-refractivity contribution in [3.05, 3.63) is 23.6 Å². The molecule has 0 bridgehead atoms. The first kappa shape index (κ1) is 14.9. The third-order valence-electron chi connectivity index (χ3n) is 2.27. The second-order valence-electron chi connectivity index (χ2n) is 3.86. The molecular formula is C13H21FN2O2. The number of hydrogen-bond acceptors (Lipinski definition) is 4. The summed E-state index contributed by atoms with van der Waals surface area (Å²) in [4.78, 5) is 3.96. The van der Waals surface area contributed by atoms with Gasteiger partial charge in [-0.05, 0) is 19.0 Å². The van der Waals surface area contributed by atoms with Gasteiger partial charge in [0.1, 0.15) is 12.4 Å². The maximum Gasteiger partial charge on any atom is 0.218 e. The Morgan fingerprint density at radius 3 is 2.83 bits per heavy atom. The van der Waals surface area contributed by atoms with E-state index in [0.29, 0.717) is 25.6 Å². The van der Waals surface area contributed by atoms with Gasteiger partial charge in [-0.2, -0.15) is 0 Å². The van der Waals surface area contributed by atoms with Gasteiger partial charge in [-0.25, -0.2) is 9.37 Å². The molecule has 0 amide bonds. The van der Waals surface area contributed by atoms with E-state index >= 15 is 0 Å². The fourth-order valence-electron chi connectivity index (χ4n) is 1.43. The predicted molar refractivity (Wildman–Crippen MR) is 68.2 cm³/mol. The molecule has 0 aromatic carbocycles. The van der Waals surface area contributed by atoms with Crippen molar-refractivity contribution in [3.63, 3.8) is 0 Å². The van der Waals surface area contributed by atoms with E-state index in [1.165, 1.54) is 6.07 Å². The standard InChI is InChI=1S/C13H21FN2O2/c1-3-5-17-6-7-18-13-11(9-15-4-2)8-12(14)10-16-13/h8,10,15H,3-7,9H2,1-2H3. The highest BCUT2D eigenvalue weighted by atomic mass is 19.1. The van der Waals surface area contributed by atoms with Crippen molar-refractivity contribution in [2.75, 3.05) is 26.4 Å². The van der Waals surface area contributed by atoms with E-state index in [1.54, 1.807) is 0 Å². The number of pyridine rings is 1. The number of hydrogen-bond donors (Lipinski definition) is 1. The molecular weight excluding hydrogens is 235 g/mol. The van der Waals surface area contributed by atoms with Gasteiger partial charge in [-0.1, -0.05) is 13.8 Å². The summed E-state index contributed by atoms with van der Waals surface area (Å²) in [7, 11) is 0. The van der Waals surface area contributed by atoms with Gasteiger partial charge in [-0.15, -0.1) is 0 Å². The molecule has 0 saturated carbocycles. The van der Waals surface area contributed by atoms with Crippen LogP contribution in [0.3, 0.4) is 0 Å². The number of rotatable bonds is 9. The van der Waals surface area contributed by atoms with Crippen molar-refractivity contribution in [2.45, 2.75) is 26.8 Å². The molecule has 0 aliphatic heterocycles. The van der Waals surface area contributed by atoms with Gasteiger partial charge in [0, 0.05) is 18.7 Å². The van der Waals surface area contributed by atoms with E-state index in [4.69, 9.17) is 9.47 Å². The maximum atomic E-state index is 13.1. The lowest BCUT2D eigenvalue weighted by molar-refractivity contribution is 0.0985. The molecule has 1 heterocycles. The number of nitrogens with zero attached hydrogens (tertiary/aromatic N) is 1. The van der Waals surface area contributed by atoms with Gasteiger partial charge in [0.05, 0.1) is 12.8 Å². The SMILES string of the molecule is CCCOCCOc1ncc(F)cc1CNCC. The summed E-state index contributed by atoms with van der Waals surface area (Å²) >= 11 is 0. The molecule has 1 N–H and O–H groups in total. The Bertz CT molecular complexity index is 348. The summed E-state index contributed by atoms with van der Waals surface area (Å²) < 4.78 is 23.9. The molecule has 0 unspecified atom stereocenters. The van der Waals surface area contributed by atoms with Crippen LogP contribution in [-0.4, -0.2) is 31.3 Å². The van der Waals surface area contributed by atoms with E-state index in [9.17, 15) is 4.39 Å². The Hall–Kier alpha value is -1.20. The lowest BCUT2D eigenvalue weighted by Gasteiger charge is -2.10. The largest absolute Gasteiger partial charge is 0.475 e. The topological polar surface area (TPSA) is 43.4 Å². The minimum absolute atomic E-state index is 0.350. The van der Waals surface area contributed by atoms with Crippen LogP contribution in [0.1, 0.15) is 25.8 Å². The molecule has 1 aromatic heterocycles. The number of ether oxygens (including phenoxy) is 2. The minimum Gasteiger partial charge on any atom is -0.475 e. The Labute approximate surface area is 108 Å². The average Bonchev–Trinajstić information content (AvgIpc) is 2.38. The van der Waals surface area contributed by atoms with Crippen LogP contribution < -0.4 is 10.1 Å². The Morgan fingerprint density at radius 1 is 1.28 bits per heavy atom. The van der Waals surface area contributed by atoms with E-state index in [-0.39, 0.29) is 5.82 Å². The minimum atomic E-state index is -0.350. The molecule has 0 saturated heterocycles. The number of aromatic nitrogens is 1. The van der Waals surface area contributed by atoms with Crippen LogP contribution in [-0.2, 0) is 11.3 Å². The van der Waals surface area contributed by atoms with Gasteiger partial charge in [0.25, 0.3) is 0 Å². The summed E-state index contributed by atoms with van der Waals surface area (Å²) in [5, 5.41) is 3.12. The predicted octanol–water partition coefficient (Wildman–Crippen LogP) is 2.14. The van der Waals surface area contributed by atoms with E-state index in [2.05, 4.69) is 17.2 Å². The van der Waals surface area contributed by atoms with Gasteiger partial charge in [0.15, 0.2) is 0 Å². The van der Waals surface area contributed by atoms with Crippen molar-refractivity contribution >= 4 is 0 Å². The first-order valence-electron chi connectivity index (χ1n) is 6.33. The Kier molecular flexibility index (Phi) is 7.29. The van der Waals surface area contributed by atoms with Crippen molar-refractivity contribution in [3.8, 4) is 5.88 Å². The summed E-state index contributed by atoms with van der Waals surface area (Å²) in [6, 6.07) is 1.44. The summed E-state index contributed by atoms with van der Waals surface area (Å²) in [5.74, 6) is 0.120. The van der Waals surface area contributed by atoms with Gasteiger partial charge in [0.2, 0.25) is 5.88 Å². The van der Waals surface area contributed by atoms with Crippen LogP contribution in [0.25, 0.3) is 0 Å². The second-order valence-corrected chi connectivity index (χ2v) is 3.86. The van der Waals surface area contributed by atoms with Crippen LogP contribution >= 0.6 is 0 Å². The molecule has 1 rings (SSSR count). The van der Waals surface area contributed by atoms with Gasteiger partial charge >= 0.3 is 0 Å². The summed E-state index contributed by atoms with van der Waals surface area (Å²) in [6.45, 7) is 7.08. The Balaban J connectivity index is 2.47. The molecule has 0 fully saturated rings. The lowest BCUT2D eigenvalue weighted by Crippen LogP contribution is -2.15. The summed E-state index contributed by atoms with van der Waals surface area (Å²) in [5.41, 5.74) is 0.729. The summed E-state index contributed by atoms with van der Waals surface area (Å²) in [6.07, 6.45) is 2.15. The second kappa shape index (κ2) is 8.83. The third-order valence-corrected chi connectivity index (χ3v) is 2.27. The molecule has 5 heteroatoms. The molecule has 102 valence electrons. The van der Waals surface area contributed by atoms with Crippen LogP contribution in [0.5, 0.6) is 5.88 Å². The first-order valence-corrected chi connectivity index (χ1v) is 6.33. The van der Waals surface area contributed by atoms with Crippen LogP contribution in [0, 0.1) is 5.82 Å². The highest BCUT2D eigenvalue weighted by Crippen LogP contribution is 2.15. The van der Waals surface area contributed by atoms with Crippen molar-refractivity contribution < 1.29 is 13.9 Å². The Morgan fingerprint density at radius 2 is 2.11 bits per heavy atom. The van der Waals surface area contributed by atoms with E-state index in [1.807, 2.05) is 6.92 Å². The van der Waals surface area contributed by atoms with E-state index < -0.39 is 0 Å². The first-order chi connectivity index (χ1) is 8.77. The molecule has 0 atom stereocenters. The third kappa shape index (κ3) is 5.42. The molecule has 0 spiro atoms. The van der Waals surface area contributed by atoms with Crippen molar-refractivity contribution in [1.29, 1.82) is 0 Å². The molecule has 18 heavy (non-hydrogen) atoms. The molecule has 4 nitrogen and oxygen atoms in total. The van der Waals surface area contributed by atoms with Gasteiger partial charge in [-0.3, -0.25) is 0 Å². The van der Waals surface area contributed by atoms with E-state index in [0.717, 1.165) is 31.3 Å². The number of halogens is 1. The number of nitrogens with one attached hydrogen (secondary N) is 1. The zero-order valence-electron chi connectivity index (χ0n) is 11.0. The fourth-order valence-corrected chi connectivity index (χ4v) is 1.43. The highest BCUT2D eigenvalue weighted by Gasteiger charge is 2.06. The fraction of sp³-hybridized carbons (Fsp3) is 0.615. The van der Waals surface area contributed by atoms with Crippen LogP contribution in [0.2, 0.25) is 0 Å². The average molecular weight is 256 g/mol. The quantitative estimate of drug-likeness (QED) is 0.687. The zero-order chi connectivity index (χ0) is 13.2. The smallest absolute Gasteiger partial charge is 0.218 e. The van der Waals surface area contributed by atoms with Crippen LogP contribution in [0.4, 0.5) is 4.39 Å². The van der Waals surface area contributed by atoms with Crippen molar-refractivity contribution in [2.24, 2.45) is 0 Å². The molecule has 0 aliphatic carbocycles. The molecule has 1 aromatic rings. The monoisotopic (exact) mass is 256 g/mol.